The molecule has 2 heterocycles. The Morgan fingerprint density at radius 2 is 2.33 bits per heavy atom. The molecule has 0 unspecified atom stereocenters. The Kier molecular flexibility index (Phi) is 4.24. The maximum absolute atomic E-state index is 11.6. The molecule has 0 aliphatic rings. The molecule has 0 saturated heterocycles. The summed E-state index contributed by atoms with van der Waals surface area (Å²) in [5.74, 6) is -0.216. The third-order valence-corrected chi connectivity index (χ3v) is 3.07. The van der Waals surface area contributed by atoms with E-state index in [0.29, 0.717) is 16.7 Å². The first-order valence-electron chi connectivity index (χ1n) is 5.58. The number of rotatable bonds is 6. The molecule has 0 aliphatic heterocycles. The second-order valence-electron chi connectivity index (χ2n) is 3.71. The van der Waals surface area contributed by atoms with Gasteiger partial charge in [-0.1, -0.05) is 11.3 Å². The number of amides is 1. The summed E-state index contributed by atoms with van der Waals surface area (Å²) in [7, 11) is 0. The van der Waals surface area contributed by atoms with Crippen molar-refractivity contribution in [1.82, 2.24) is 25.1 Å². The molecular weight excluding hydrogens is 252 g/mol. The van der Waals surface area contributed by atoms with E-state index in [1.165, 1.54) is 0 Å². The zero-order valence-electron chi connectivity index (χ0n) is 9.74. The molecule has 0 spiro atoms. The summed E-state index contributed by atoms with van der Waals surface area (Å²) in [6, 6.07) is 0. The van der Waals surface area contributed by atoms with E-state index in [4.69, 9.17) is 5.73 Å². The monoisotopic (exact) mass is 266 g/mol. The number of nitrogens with zero attached hydrogens (tertiary/aromatic N) is 4. The number of hydrogen-bond donors (Lipinski definition) is 2. The van der Waals surface area contributed by atoms with Gasteiger partial charge in [0.05, 0.1) is 6.33 Å². The van der Waals surface area contributed by atoms with Crippen molar-refractivity contribution in [3.8, 4) is 0 Å². The van der Waals surface area contributed by atoms with Crippen LogP contribution in [0.3, 0.4) is 0 Å². The molecule has 0 fully saturated rings. The fourth-order valence-electron chi connectivity index (χ4n) is 1.44. The van der Waals surface area contributed by atoms with E-state index in [-0.39, 0.29) is 5.91 Å². The van der Waals surface area contributed by atoms with Crippen LogP contribution >= 0.6 is 11.3 Å². The maximum atomic E-state index is 11.6. The number of hydrogen-bond acceptors (Lipinski definition) is 6. The Morgan fingerprint density at radius 1 is 1.44 bits per heavy atom. The van der Waals surface area contributed by atoms with E-state index in [2.05, 4.69) is 20.5 Å². The molecule has 0 aromatic carbocycles. The number of nitrogens with two attached hydrogens (primary N) is 1. The number of nitrogens with one attached hydrogen (secondary N) is 1. The third-order valence-electron chi connectivity index (χ3n) is 2.32. The van der Waals surface area contributed by atoms with Gasteiger partial charge in [0.1, 0.15) is 0 Å². The van der Waals surface area contributed by atoms with E-state index >= 15 is 0 Å². The highest BCUT2D eigenvalue weighted by molar-refractivity contribution is 7.16. The van der Waals surface area contributed by atoms with Gasteiger partial charge in [0, 0.05) is 25.5 Å². The van der Waals surface area contributed by atoms with Crippen LogP contribution in [0.15, 0.2) is 18.7 Å². The molecule has 0 atom stereocenters. The summed E-state index contributed by atoms with van der Waals surface area (Å²) >= 11 is 1.09. The highest BCUT2D eigenvalue weighted by atomic mass is 32.1. The van der Waals surface area contributed by atoms with Crippen molar-refractivity contribution >= 4 is 22.4 Å². The zero-order valence-corrected chi connectivity index (χ0v) is 10.6. The predicted octanol–water partition coefficient (Wildman–Crippen LogP) is 0.527. The average molecular weight is 266 g/mol. The van der Waals surface area contributed by atoms with Gasteiger partial charge in [0.2, 0.25) is 10.1 Å². The number of unbranched alkanes of at least 4 members (excludes halogenated alkanes) is 1. The lowest BCUT2D eigenvalue weighted by Gasteiger charge is -2.03. The molecule has 2 aromatic heterocycles. The molecule has 0 bridgehead atoms. The molecular formula is C10H14N6OS. The minimum atomic E-state index is -0.216. The summed E-state index contributed by atoms with van der Waals surface area (Å²) in [6.07, 6.45) is 7.33. The molecule has 2 aromatic rings. The molecule has 18 heavy (non-hydrogen) atoms. The number of aromatic nitrogens is 4. The van der Waals surface area contributed by atoms with Crippen LogP contribution in [0.1, 0.15) is 22.6 Å². The summed E-state index contributed by atoms with van der Waals surface area (Å²) in [6.45, 7) is 1.52. The van der Waals surface area contributed by atoms with Crippen molar-refractivity contribution in [3.63, 3.8) is 0 Å². The van der Waals surface area contributed by atoms with Gasteiger partial charge in [-0.15, -0.1) is 10.2 Å². The second kappa shape index (κ2) is 6.10. The van der Waals surface area contributed by atoms with Gasteiger partial charge in [-0.25, -0.2) is 4.98 Å². The lowest BCUT2D eigenvalue weighted by Crippen LogP contribution is -2.24. The minimum Gasteiger partial charge on any atom is -0.374 e. The Hall–Kier alpha value is -1.96. The molecule has 3 N–H and O–H groups in total. The Morgan fingerprint density at radius 3 is 3.00 bits per heavy atom. The predicted molar refractivity (Wildman–Crippen MR) is 68.1 cm³/mol. The molecule has 0 saturated carbocycles. The van der Waals surface area contributed by atoms with Gasteiger partial charge in [-0.3, -0.25) is 4.79 Å². The van der Waals surface area contributed by atoms with Gasteiger partial charge < -0.3 is 15.6 Å². The molecule has 7 nitrogen and oxygen atoms in total. The van der Waals surface area contributed by atoms with Gasteiger partial charge in [0.15, 0.2) is 0 Å². The first-order chi connectivity index (χ1) is 8.75. The molecule has 2 rings (SSSR count). The van der Waals surface area contributed by atoms with Gasteiger partial charge in [0.25, 0.3) is 5.91 Å². The van der Waals surface area contributed by atoms with Gasteiger partial charge in [-0.05, 0) is 12.8 Å². The van der Waals surface area contributed by atoms with Crippen molar-refractivity contribution < 1.29 is 4.79 Å². The fourth-order valence-corrected chi connectivity index (χ4v) is 1.97. The number of nitrogen functional groups attached to an aromatic ring is 1. The lowest BCUT2D eigenvalue weighted by atomic mass is 10.3. The number of imidazole rings is 1. The SMILES string of the molecule is Nc1nnc(C(=O)NCCCCn2ccnc2)s1. The van der Waals surface area contributed by atoms with E-state index in [1.54, 1.807) is 12.5 Å². The van der Waals surface area contributed by atoms with Crippen LogP contribution in [0.4, 0.5) is 5.13 Å². The Labute approximate surface area is 108 Å². The molecule has 0 radical (unpaired) electrons. The molecule has 8 heteroatoms. The van der Waals surface area contributed by atoms with Crippen molar-refractivity contribution in [3.05, 3.63) is 23.7 Å². The van der Waals surface area contributed by atoms with Crippen LogP contribution < -0.4 is 11.1 Å². The van der Waals surface area contributed by atoms with E-state index in [0.717, 1.165) is 30.7 Å². The van der Waals surface area contributed by atoms with Crippen LogP contribution in [0.2, 0.25) is 0 Å². The summed E-state index contributed by atoms with van der Waals surface area (Å²) < 4.78 is 2.01. The number of aryl methyl sites for hydroxylation is 1. The maximum Gasteiger partial charge on any atom is 0.282 e. The Balaban J connectivity index is 1.62. The third kappa shape index (κ3) is 3.52. The topological polar surface area (TPSA) is 98.7 Å². The van der Waals surface area contributed by atoms with E-state index in [9.17, 15) is 4.79 Å². The van der Waals surface area contributed by atoms with Crippen molar-refractivity contribution in [2.75, 3.05) is 12.3 Å². The first kappa shape index (κ1) is 12.5. The molecule has 0 aliphatic carbocycles. The van der Waals surface area contributed by atoms with Crippen LogP contribution in [0.5, 0.6) is 0 Å². The largest absolute Gasteiger partial charge is 0.374 e. The highest BCUT2D eigenvalue weighted by Crippen LogP contribution is 2.10. The van der Waals surface area contributed by atoms with Crippen LogP contribution in [-0.2, 0) is 6.54 Å². The lowest BCUT2D eigenvalue weighted by molar-refractivity contribution is 0.0952. The quantitative estimate of drug-likeness (QED) is 0.743. The van der Waals surface area contributed by atoms with Crippen LogP contribution in [-0.4, -0.2) is 32.2 Å². The number of carbonyl (C=O) groups excluding carboxylic acids is 1. The first-order valence-corrected chi connectivity index (χ1v) is 6.40. The summed E-state index contributed by atoms with van der Waals surface area (Å²) in [5, 5.41) is 10.7. The van der Waals surface area contributed by atoms with Crippen molar-refractivity contribution in [2.45, 2.75) is 19.4 Å². The zero-order chi connectivity index (χ0) is 12.8. The highest BCUT2D eigenvalue weighted by Gasteiger charge is 2.10. The Bertz CT molecular complexity index is 494. The average Bonchev–Trinajstić information content (AvgIpc) is 2.99. The standard InChI is InChI=1S/C10H14N6OS/c11-10-15-14-9(18-10)8(17)13-3-1-2-5-16-6-4-12-7-16/h4,6-7H,1-3,5H2,(H2,11,15)(H,13,17). The number of anilines is 1. The van der Waals surface area contributed by atoms with E-state index in [1.807, 2.05) is 10.8 Å². The van der Waals surface area contributed by atoms with Crippen molar-refractivity contribution in [1.29, 1.82) is 0 Å². The van der Waals surface area contributed by atoms with Crippen molar-refractivity contribution in [2.24, 2.45) is 0 Å². The second-order valence-corrected chi connectivity index (χ2v) is 4.72. The summed E-state index contributed by atoms with van der Waals surface area (Å²) in [5.41, 5.74) is 5.40. The van der Waals surface area contributed by atoms with Crippen LogP contribution in [0, 0.1) is 0 Å². The molecule has 1 amide bonds. The smallest absolute Gasteiger partial charge is 0.282 e. The van der Waals surface area contributed by atoms with Crippen LogP contribution in [0.25, 0.3) is 0 Å². The number of carbonyl (C=O) groups is 1. The van der Waals surface area contributed by atoms with E-state index < -0.39 is 0 Å². The molecule has 96 valence electrons. The fraction of sp³-hybridized carbons (Fsp3) is 0.400. The van der Waals surface area contributed by atoms with Gasteiger partial charge >= 0.3 is 0 Å². The normalized spacial score (nSPS) is 10.4. The summed E-state index contributed by atoms with van der Waals surface area (Å²) in [4.78, 5) is 15.5. The van der Waals surface area contributed by atoms with Gasteiger partial charge in [-0.2, -0.15) is 0 Å². The minimum absolute atomic E-state index is 0.216.